The number of rotatable bonds is 7. The number of Topliss-reactive ketones (excluding diaryl/α,β-unsaturated/α-hetero) is 1. The Morgan fingerprint density at radius 3 is 2.31 bits per heavy atom. The predicted octanol–water partition coefficient (Wildman–Crippen LogP) is 3.81. The normalized spacial score (nSPS) is 11.4. The van der Waals surface area contributed by atoms with Gasteiger partial charge in [0.05, 0.1) is 12.0 Å². The third-order valence-electron chi connectivity index (χ3n) is 3.74. The van der Waals surface area contributed by atoms with Crippen LogP contribution in [0.1, 0.15) is 20.0 Å². The Kier molecular flexibility index (Phi) is 5.66. The molecule has 26 heavy (non-hydrogen) atoms. The number of nitrogens with one attached hydrogen (secondary N) is 2. The minimum atomic E-state index is -0.880. The number of ether oxygens (including phenoxy) is 1. The number of amides is 1. The fraction of sp³-hybridized carbons (Fsp3) is 0.100. The molecule has 0 fully saturated rings. The molecule has 0 saturated heterocycles. The fourth-order valence-electron chi connectivity index (χ4n) is 2.39. The second-order valence-electron chi connectivity index (χ2n) is 5.49. The SMILES string of the molecule is COc1ccc(NC(NC(=O)c2ccccc2)C(=O)c2cccs2)cc1. The van der Waals surface area contributed by atoms with Crippen molar-refractivity contribution >= 4 is 28.7 Å². The van der Waals surface area contributed by atoms with E-state index in [0.717, 1.165) is 0 Å². The van der Waals surface area contributed by atoms with Crippen LogP contribution < -0.4 is 15.4 Å². The summed E-state index contributed by atoms with van der Waals surface area (Å²) < 4.78 is 5.14. The molecule has 6 heteroatoms. The van der Waals surface area contributed by atoms with Crippen LogP contribution in [0.2, 0.25) is 0 Å². The Morgan fingerprint density at radius 1 is 0.962 bits per heavy atom. The standard InChI is InChI=1S/C20H18N2O3S/c1-25-16-11-9-15(10-12-16)21-19(18(23)17-8-5-13-26-17)22-20(24)14-6-3-2-4-7-14/h2-13,19,21H,1H3,(H,22,24). The average Bonchev–Trinajstić information content (AvgIpc) is 3.23. The third kappa shape index (κ3) is 4.29. The van der Waals surface area contributed by atoms with Crippen LogP contribution >= 0.6 is 11.3 Å². The molecule has 1 heterocycles. The van der Waals surface area contributed by atoms with Gasteiger partial charge in [-0.2, -0.15) is 0 Å². The van der Waals surface area contributed by atoms with Crippen LogP contribution in [-0.2, 0) is 0 Å². The monoisotopic (exact) mass is 366 g/mol. The van der Waals surface area contributed by atoms with Gasteiger partial charge in [-0.05, 0) is 47.8 Å². The van der Waals surface area contributed by atoms with E-state index in [-0.39, 0.29) is 11.7 Å². The minimum Gasteiger partial charge on any atom is -0.497 e. The topological polar surface area (TPSA) is 67.4 Å². The first-order valence-corrected chi connectivity index (χ1v) is 8.89. The van der Waals surface area contributed by atoms with Gasteiger partial charge in [-0.25, -0.2) is 0 Å². The molecular weight excluding hydrogens is 348 g/mol. The number of carbonyl (C=O) groups is 2. The highest BCUT2D eigenvalue weighted by Gasteiger charge is 2.23. The van der Waals surface area contributed by atoms with Gasteiger partial charge in [0.15, 0.2) is 6.17 Å². The van der Waals surface area contributed by atoms with Gasteiger partial charge in [-0.1, -0.05) is 24.3 Å². The molecule has 2 N–H and O–H groups in total. The molecule has 3 aromatic rings. The number of ketones is 1. The Bertz CT molecular complexity index is 862. The molecule has 2 aromatic carbocycles. The van der Waals surface area contributed by atoms with Crippen molar-refractivity contribution in [3.05, 3.63) is 82.6 Å². The first-order chi connectivity index (χ1) is 12.7. The van der Waals surface area contributed by atoms with E-state index in [2.05, 4.69) is 10.6 Å². The van der Waals surface area contributed by atoms with Crippen molar-refractivity contribution in [3.63, 3.8) is 0 Å². The zero-order valence-corrected chi connectivity index (χ0v) is 15.0. The van der Waals surface area contributed by atoms with Gasteiger partial charge >= 0.3 is 0 Å². The van der Waals surface area contributed by atoms with Crippen LogP contribution in [0.15, 0.2) is 72.1 Å². The highest BCUT2D eigenvalue weighted by molar-refractivity contribution is 7.12. The van der Waals surface area contributed by atoms with E-state index >= 15 is 0 Å². The van der Waals surface area contributed by atoms with Gasteiger partial charge in [0.2, 0.25) is 5.78 Å². The summed E-state index contributed by atoms with van der Waals surface area (Å²) in [6.07, 6.45) is -0.880. The van der Waals surface area contributed by atoms with Gasteiger partial charge in [0.25, 0.3) is 5.91 Å². The van der Waals surface area contributed by atoms with E-state index in [4.69, 9.17) is 4.74 Å². The second-order valence-corrected chi connectivity index (χ2v) is 6.43. The molecule has 0 radical (unpaired) electrons. The molecular formula is C20H18N2O3S. The molecule has 1 atom stereocenters. The maximum absolute atomic E-state index is 12.8. The number of hydrogen-bond acceptors (Lipinski definition) is 5. The largest absolute Gasteiger partial charge is 0.497 e. The Hall–Kier alpha value is -3.12. The van der Waals surface area contributed by atoms with Crippen LogP contribution in [0.5, 0.6) is 5.75 Å². The first-order valence-electron chi connectivity index (χ1n) is 8.01. The summed E-state index contributed by atoms with van der Waals surface area (Å²) in [5.74, 6) is 0.201. The summed E-state index contributed by atoms with van der Waals surface area (Å²) in [7, 11) is 1.59. The van der Waals surface area contributed by atoms with Crippen molar-refractivity contribution in [1.82, 2.24) is 5.32 Å². The van der Waals surface area contributed by atoms with Crippen LogP contribution in [0, 0.1) is 0 Å². The van der Waals surface area contributed by atoms with Crippen LogP contribution in [0.25, 0.3) is 0 Å². The Morgan fingerprint density at radius 2 is 1.69 bits per heavy atom. The smallest absolute Gasteiger partial charge is 0.253 e. The van der Waals surface area contributed by atoms with E-state index in [1.807, 2.05) is 11.4 Å². The van der Waals surface area contributed by atoms with E-state index in [9.17, 15) is 9.59 Å². The zero-order chi connectivity index (χ0) is 18.4. The molecule has 1 amide bonds. The number of thiophene rings is 1. The molecule has 0 bridgehead atoms. The van der Waals surface area contributed by atoms with Gasteiger partial charge < -0.3 is 15.4 Å². The van der Waals surface area contributed by atoms with E-state index < -0.39 is 6.17 Å². The Balaban J connectivity index is 1.81. The van der Waals surface area contributed by atoms with Crippen molar-refractivity contribution in [3.8, 4) is 5.75 Å². The molecule has 0 aliphatic rings. The van der Waals surface area contributed by atoms with Crippen molar-refractivity contribution < 1.29 is 14.3 Å². The lowest BCUT2D eigenvalue weighted by Gasteiger charge is -2.20. The summed E-state index contributed by atoms with van der Waals surface area (Å²) in [5, 5.41) is 7.69. The predicted molar refractivity (Wildman–Crippen MR) is 103 cm³/mol. The van der Waals surface area contributed by atoms with Crippen LogP contribution in [0.4, 0.5) is 5.69 Å². The van der Waals surface area contributed by atoms with Crippen molar-refractivity contribution in [1.29, 1.82) is 0 Å². The van der Waals surface area contributed by atoms with Crippen LogP contribution in [-0.4, -0.2) is 25.0 Å². The minimum absolute atomic E-state index is 0.194. The third-order valence-corrected chi connectivity index (χ3v) is 4.62. The highest BCUT2D eigenvalue weighted by Crippen LogP contribution is 2.18. The second kappa shape index (κ2) is 8.31. The number of hydrogen-bond donors (Lipinski definition) is 2. The number of anilines is 1. The first kappa shape index (κ1) is 17.7. The van der Waals surface area contributed by atoms with E-state index in [1.165, 1.54) is 11.3 Å². The molecule has 5 nitrogen and oxygen atoms in total. The molecule has 0 saturated carbocycles. The quantitative estimate of drug-likeness (QED) is 0.493. The Labute approximate surface area is 155 Å². The molecule has 0 aliphatic carbocycles. The van der Waals surface area contributed by atoms with E-state index in [0.29, 0.717) is 21.9 Å². The van der Waals surface area contributed by atoms with E-state index in [1.54, 1.807) is 67.8 Å². The molecule has 0 spiro atoms. The van der Waals surface area contributed by atoms with Crippen LogP contribution in [0.3, 0.4) is 0 Å². The maximum Gasteiger partial charge on any atom is 0.253 e. The zero-order valence-electron chi connectivity index (χ0n) is 14.1. The maximum atomic E-state index is 12.8. The van der Waals surface area contributed by atoms with Gasteiger partial charge in [0, 0.05) is 11.3 Å². The highest BCUT2D eigenvalue weighted by atomic mass is 32.1. The lowest BCUT2D eigenvalue weighted by Crippen LogP contribution is -2.46. The lowest BCUT2D eigenvalue weighted by atomic mass is 10.2. The van der Waals surface area contributed by atoms with Crippen molar-refractivity contribution in [2.45, 2.75) is 6.17 Å². The molecule has 132 valence electrons. The molecule has 1 aromatic heterocycles. The fourth-order valence-corrected chi connectivity index (χ4v) is 3.08. The summed E-state index contributed by atoms with van der Waals surface area (Å²) >= 11 is 1.34. The summed E-state index contributed by atoms with van der Waals surface area (Å²) in [5.41, 5.74) is 1.20. The summed E-state index contributed by atoms with van der Waals surface area (Å²) in [6.45, 7) is 0. The summed E-state index contributed by atoms with van der Waals surface area (Å²) in [6, 6.07) is 19.5. The van der Waals surface area contributed by atoms with Crippen molar-refractivity contribution in [2.24, 2.45) is 0 Å². The average molecular weight is 366 g/mol. The number of benzene rings is 2. The van der Waals surface area contributed by atoms with Gasteiger partial charge in [0.1, 0.15) is 5.75 Å². The lowest BCUT2D eigenvalue weighted by molar-refractivity contribution is 0.0871. The van der Waals surface area contributed by atoms with Gasteiger partial charge in [-0.3, -0.25) is 9.59 Å². The molecule has 0 aliphatic heterocycles. The number of methoxy groups -OCH3 is 1. The molecule has 1 unspecified atom stereocenters. The number of carbonyl (C=O) groups excluding carboxylic acids is 2. The van der Waals surface area contributed by atoms with Gasteiger partial charge in [-0.15, -0.1) is 11.3 Å². The van der Waals surface area contributed by atoms with Crippen molar-refractivity contribution in [2.75, 3.05) is 12.4 Å². The molecule has 3 rings (SSSR count). The summed E-state index contributed by atoms with van der Waals surface area (Å²) in [4.78, 5) is 25.9.